The number of nitrogens with one attached hydrogen (secondary N) is 2. The van der Waals surface area contributed by atoms with Gasteiger partial charge < -0.3 is 20.1 Å². The van der Waals surface area contributed by atoms with Gasteiger partial charge in [-0.3, -0.25) is 9.59 Å². The molecule has 0 fully saturated rings. The smallest absolute Gasteiger partial charge is 0.262 e. The van der Waals surface area contributed by atoms with Crippen LogP contribution >= 0.6 is 27.5 Å². The zero-order chi connectivity index (χ0) is 18.9. The molecule has 0 saturated carbocycles. The minimum Gasteiger partial charge on any atom is -0.483 e. The molecule has 2 N–H and O–H groups in total. The number of anilines is 1. The molecule has 0 aliphatic rings. The lowest BCUT2D eigenvalue weighted by Crippen LogP contribution is -2.29. The SMILES string of the molecule is COCCNC(=O)c1ccccc1NC(=O)COc1ccc(Cl)cc1Br. The molecule has 0 unspecified atom stereocenters. The molecule has 0 heterocycles. The van der Waals surface area contributed by atoms with Crippen LogP contribution in [0.5, 0.6) is 5.75 Å². The van der Waals surface area contributed by atoms with E-state index in [1.54, 1.807) is 49.6 Å². The van der Waals surface area contributed by atoms with Crippen molar-refractivity contribution in [3.05, 3.63) is 57.5 Å². The van der Waals surface area contributed by atoms with E-state index in [1.165, 1.54) is 0 Å². The summed E-state index contributed by atoms with van der Waals surface area (Å²) in [4.78, 5) is 24.4. The Morgan fingerprint density at radius 1 is 1.19 bits per heavy atom. The highest BCUT2D eigenvalue weighted by Crippen LogP contribution is 2.28. The van der Waals surface area contributed by atoms with Crippen molar-refractivity contribution in [2.45, 2.75) is 0 Å². The summed E-state index contributed by atoms with van der Waals surface area (Å²) >= 11 is 9.19. The molecule has 2 rings (SSSR count). The summed E-state index contributed by atoms with van der Waals surface area (Å²) in [6, 6.07) is 11.8. The van der Waals surface area contributed by atoms with Crippen LogP contribution in [0.4, 0.5) is 5.69 Å². The van der Waals surface area contributed by atoms with Crippen LogP contribution in [0.2, 0.25) is 5.02 Å². The van der Waals surface area contributed by atoms with Gasteiger partial charge in [0, 0.05) is 18.7 Å². The maximum atomic E-state index is 12.2. The van der Waals surface area contributed by atoms with Gasteiger partial charge in [0.1, 0.15) is 5.75 Å². The molecule has 6 nitrogen and oxygen atoms in total. The van der Waals surface area contributed by atoms with E-state index in [9.17, 15) is 9.59 Å². The number of hydrogen-bond donors (Lipinski definition) is 2. The van der Waals surface area contributed by atoms with Crippen molar-refractivity contribution in [3.63, 3.8) is 0 Å². The third-order valence-electron chi connectivity index (χ3n) is 3.29. The summed E-state index contributed by atoms with van der Waals surface area (Å²) in [7, 11) is 1.55. The molecule has 0 spiro atoms. The molecule has 0 saturated heterocycles. The first-order valence-corrected chi connectivity index (χ1v) is 8.92. The van der Waals surface area contributed by atoms with Crippen molar-refractivity contribution in [2.75, 3.05) is 32.2 Å². The number of carbonyl (C=O) groups excluding carboxylic acids is 2. The molecule has 0 atom stereocenters. The maximum absolute atomic E-state index is 12.2. The molecule has 8 heteroatoms. The van der Waals surface area contributed by atoms with Crippen LogP contribution in [0.1, 0.15) is 10.4 Å². The fourth-order valence-corrected chi connectivity index (χ4v) is 2.87. The number of hydrogen-bond acceptors (Lipinski definition) is 4. The molecule has 0 aromatic heterocycles. The van der Waals surface area contributed by atoms with Gasteiger partial charge in [-0.1, -0.05) is 23.7 Å². The first-order chi connectivity index (χ1) is 12.5. The van der Waals surface area contributed by atoms with E-state index in [2.05, 4.69) is 26.6 Å². The van der Waals surface area contributed by atoms with Crippen molar-refractivity contribution < 1.29 is 19.1 Å². The number of carbonyl (C=O) groups is 2. The molecule has 2 aromatic rings. The van der Waals surface area contributed by atoms with Gasteiger partial charge in [-0.2, -0.15) is 0 Å². The second-order valence-electron chi connectivity index (χ2n) is 5.21. The predicted octanol–water partition coefficient (Wildman–Crippen LogP) is 3.50. The van der Waals surface area contributed by atoms with Gasteiger partial charge in [-0.05, 0) is 46.3 Å². The average Bonchev–Trinajstić information content (AvgIpc) is 2.61. The minimum atomic E-state index is -0.385. The van der Waals surface area contributed by atoms with Crippen molar-refractivity contribution in [1.82, 2.24) is 5.32 Å². The van der Waals surface area contributed by atoms with E-state index in [0.29, 0.717) is 39.6 Å². The minimum absolute atomic E-state index is 0.208. The second kappa shape index (κ2) is 10.2. The van der Waals surface area contributed by atoms with Crippen LogP contribution in [0, 0.1) is 0 Å². The Morgan fingerprint density at radius 3 is 2.69 bits per heavy atom. The fraction of sp³-hybridized carbons (Fsp3) is 0.222. The Bertz CT molecular complexity index is 786. The van der Waals surface area contributed by atoms with Crippen LogP contribution < -0.4 is 15.4 Å². The van der Waals surface area contributed by atoms with Gasteiger partial charge >= 0.3 is 0 Å². The lowest BCUT2D eigenvalue weighted by Gasteiger charge is -2.12. The van der Waals surface area contributed by atoms with Crippen LogP contribution in [0.25, 0.3) is 0 Å². The Morgan fingerprint density at radius 2 is 1.96 bits per heavy atom. The first-order valence-electron chi connectivity index (χ1n) is 7.75. The Hall–Kier alpha value is -2.09. The number of methoxy groups -OCH3 is 1. The summed E-state index contributed by atoms with van der Waals surface area (Å²) in [5.74, 6) is -0.182. The lowest BCUT2D eigenvalue weighted by atomic mass is 10.1. The van der Waals surface area contributed by atoms with Crippen LogP contribution in [0.3, 0.4) is 0 Å². The Labute approximate surface area is 164 Å². The lowest BCUT2D eigenvalue weighted by molar-refractivity contribution is -0.118. The highest BCUT2D eigenvalue weighted by molar-refractivity contribution is 9.10. The molecule has 2 aromatic carbocycles. The molecule has 0 bridgehead atoms. The molecule has 26 heavy (non-hydrogen) atoms. The maximum Gasteiger partial charge on any atom is 0.262 e. The van der Waals surface area contributed by atoms with E-state index in [1.807, 2.05) is 0 Å². The van der Waals surface area contributed by atoms with Crippen LogP contribution in [-0.4, -0.2) is 38.7 Å². The quantitative estimate of drug-likeness (QED) is 0.615. The first kappa shape index (κ1) is 20.2. The van der Waals surface area contributed by atoms with Crippen molar-refractivity contribution in [3.8, 4) is 5.75 Å². The number of benzene rings is 2. The molecule has 0 aliphatic carbocycles. The van der Waals surface area contributed by atoms with Crippen molar-refractivity contribution >= 4 is 45.0 Å². The second-order valence-corrected chi connectivity index (χ2v) is 6.50. The monoisotopic (exact) mass is 440 g/mol. The van der Waals surface area contributed by atoms with E-state index >= 15 is 0 Å². The van der Waals surface area contributed by atoms with Gasteiger partial charge in [0.25, 0.3) is 11.8 Å². The standard InChI is InChI=1S/C18H18BrClN2O4/c1-25-9-8-21-18(24)13-4-2-3-5-15(13)22-17(23)11-26-16-7-6-12(20)10-14(16)19/h2-7,10H,8-9,11H2,1H3,(H,21,24)(H,22,23). The summed E-state index contributed by atoms with van der Waals surface area (Å²) in [6.45, 7) is 0.579. The zero-order valence-corrected chi connectivity index (χ0v) is 16.4. The summed E-state index contributed by atoms with van der Waals surface area (Å²) in [6.07, 6.45) is 0. The van der Waals surface area contributed by atoms with Crippen molar-refractivity contribution in [1.29, 1.82) is 0 Å². The van der Waals surface area contributed by atoms with E-state index in [4.69, 9.17) is 21.1 Å². The number of halogens is 2. The Balaban J connectivity index is 1.97. The third-order valence-corrected chi connectivity index (χ3v) is 4.15. The van der Waals surface area contributed by atoms with Crippen molar-refractivity contribution in [2.24, 2.45) is 0 Å². The molecular weight excluding hydrogens is 424 g/mol. The van der Waals surface area contributed by atoms with Gasteiger partial charge in [-0.15, -0.1) is 0 Å². The number of para-hydroxylation sites is 1. The highest BCUT2D eigenvalue weighted by Gasteiger charge is 2.13. The predicted molar refractivity (Wildman–Crippen MR) is 104 cm³/mol. The van der Waals surface area contributed by atoms with E-state index in [-0.39, 0.29) is 18.4 Å². The summed E-state index contributed by atoms with van der Waals surface area (Å²) in [5.41, 5.74) is 0.774. The molecular formula is C18H18BrClN2O4. The van der Waals surface area contributed by atoms with Gasteiger partial charge in [0.15, 0.2) is 6.61 Å². The number of amides is 2. The average molecular weight is 442 g/mol. The van der Waals surface area contributed by atoms with Gasteiger partial charge in [0.2, 0.25) is 0 Å². The van der Waals surface area contributed by atoms with E-state index in [0.717, 1.165) is 0 Å². The third kappa shape index (κ3) is 6.01. The number of ether oxygens (including phenoxy) is 2. The highest BCUT2D eigenvalue weighted by atomic mass is 79.9. The zero-order valence-electron chi connectivity index (χ0n) is 14.1. The summed E-state index contributed by atoms with van der Waals surface area (Å²) in [5, 5.41) is 5.96. The molecule has 2 amide bonds. The molecule has 0 radical (unpaired) electrons. The van der Waals surface area contributed by atoms with E-state index < -0.39 is 0 Å². The summed E-state index contributed by atoms with van der Waals surface area (Å²) < 4.78 is 11.0. The number of rotatable bonds is 8. The fourth-order valence-electron chi connectivity index (χ4n) is 2.07. The Kier molecular flexibility index (Phi) is 7.90. The molecule has 0 aliphatic heterocycles. The van der Waals surface area contributed by atoms with Gasteiger partial charge in [-0.25, -0.2) is 0 Å². The topological polar surface area (TPSA) is 76.7 Å². The molecule has 138 valence electrons. The normalized spacial score (nSPS) is 10.3. The largest absolute Gasteiger partial charge is 0.483 e. The van der Waals surface area contributed by atoms with Crippen LogP contribution in [0.15, 0.2) is 46.9 Å². The van der Waals surface area contributed by atoms with Gasteiger partial charge in [0.05, 0.1) is 22.3 Å². The van der Waals surface area contributed by atoms with Crippen LogP contribution in [-0.2, 0) is 9.53 Å².